The largest absolute Gasteiger partial charge is 0.358 e. The van der Waals surface area contributed by atoms with Gasteiger partial charge in [-0.3, -0.25) is 0 Å². The molecular formula is C15H18N4S. The van der Waals surface area contributed by atoms with E-state index in [9.17, 15) is 0 Å². The van der Waals surface area contributed by atoms with E-state index in [0.29, 0.717) is 13.0 Å². The van der Waals surface area contributed by atoms with Gasteiger partial charge in [-0.25, -0.2) is 9.97 Å². The molecule has 0 bridgehead atoms. The van der Waals surface area contributed by atoms with Crippen molar-refractivity contribution in [1.82, 2.24) is 9.97 Å². The molecule has 0 fully saturated rings. The molecule has 2 aromatic rings. The summed E-state index contributed by atoms with van der Waals surface area (Å²) < 4.78 is 0. The summed E-state index contributed by atoms with van der Waals surface area (Å²) >= 11 is 1.82. The quantitative estimate of drug-likeness (QED) is 0.869. The van der Waals surface area contributed by atoms with Gasteiger partial charge in [-0.1, -0.05) is 6.92 Å². The zero-order valence-electron chi connectivity index (χ0n) is 11.9. The van der Waals surface area contributed by atoms with E-state index in [0.717, 1.165) is 29.4 Å². The van der Waals surface area contributed by atoms with Crippen molar-refractivity contribution < 1.29 is 0 Å². The van der Waals surface area contributed by atoms with Gasteiger partial charge in [-0.2, -0.15) is 5.26 Å². The van der Waals surface area contributed by atoms with Crippen LogP contribution >= 0.6 is 11.3 Å². The summed E-state index contributed by atoms with van der Waals surface area (Å²) in [6.07, 6.45) is 5.70. The topological polar surface area (TPSA) is 52.8 Å². The lowest BCUT2D eigenvalue weighted by molar-refractivity contribution is 0.509. The fourth-order valence-corrected chi connectivity index (χ4v) is 4.22. The van der Waals surface area contributed by atoms with Crippen LogP contribution in [0.3, 0.4) is 0 Å². The van der Waals surface area contributed by atoms with Crippen molar-refractivity contribution in [2.75, 3.05) is 18.5 Å². The molecule has 0 amide bonds. The summed E-state index contributed by atoms with van der Waals surface area (Å²) in [7, 11) is 2.01. The lowest BCUT2D eigenvalue weighted by atomic mass is 9.89. The lowest BCUT2D eigenvalue weighted by Gasteiger charge is -2.21. The van der Waals surface area contributed by atoms with Crippen molar-refractivity contribution in [3.8, 4) is 6.07 Å². The van der Waals surface area contributed by atoms with Crippen LogP contribution in [-0.4, -0.2) is 23.6 Å². The Labute approximate surface area is 123 Å². The molecule has 4 nitrogen and oxygen atoms in total. The average Bonchev–Trinajstić information content (AvgIpc) is 2.81. The number of nitrogens with zero attached hydrogens (tertiary/aromatic N) is 4. The molecule has 3 rings (SSSR count). The SMILES string of the molecule is C[C@@H]1CCc2c(sc3ncnc(N(C)CCC#N)c23)C1. The monoisotopic (exact) mass is 286 g/mol. The molecule has 5 heteroatoms. The van der Waals surface area contributed by atoms with Crippen LogP contribution in [0, 0.1) is 17.2 Å². The van der Waals surface area contributed by atoms with Crippen LogP contribution in [0.25, 0.3) is 10.2 Å². The third kappa shape index (κ3) is 2.25. The first-order chi connectivity index (χ1) is 9.70. The molecule has 20 heavy (non-hydrogen) atoms. The minimum atomic E-state index is 0.519. The molecule has 0 spiro atoms. The Hall–Kier alpha value is -1.67. The first-order valence-electron chi connectivity index (χ1n) is 7.04. The zero-order valence-corrected chi connectivity index (χ0v) is 12.7. The molecular weight excluding hydrogens is 268 g/mol. The van der Waals surface area contributed by atoms with Gasteiger partial charge < -0.3 is 4.90 Å². The van der Waals surface area contributed by atoms with Crippen molar-refractivity contribution in [2.24, 2.45) is 5.92 Å². The molecule has 1 aliphatic rings. The predicted molar refractivity (Wildman–Crippen MR) is 82.1 cm³/mol. The fraction of sp³-hybridized carbons (Fsp3) is 0.533. The Kier molecular flexibility index (Phi) is 3.58. The Balaban J connectivity index is 2.07. The second kappa shape index (κ2) is 5.37. The van der Waals surface area contributed by atoms with Gasteiger partial charge >= 0.3 is 0 Å². The van der Waals surface area contributed by atoms with Crippen molar-refractivity contribution in [3.63, 3.8) is 0 Å². The molecule has 0 saturated carbocycles. The van der Waals surface area contributed by atoms with Crippen molar-refractivity contribution in [3.05, 3.63) is 16.8 Å². The summed E-state index contributed by atoms with van der Waals surface area (Å²) in [5.74, 6) is 1.75. The molecule has 1 atom stereocenters. The van der Waals surface area contributed by atoms with Crippen LogP contribution in [0.4, 0.5) is 5.82 Å². The van der Waals surface area contributed by atoms with Crippen LogP contribution in [-0.2, 0) is 12.8 Å². The molecule has 0 radical (unpaired) electrons. The van der Waals surface area contributed by atoms with Crippen LogP contribution in [0.5, 0.6) is 0 Å². The first-order valence-corrected chi connectivity index (χ1v) is 7.85. The van der Waals surface area contributed by atoms with Gasteiger partial charge in [0.05, 0.1) is 17.9 Å². The number of aromatic nitrogens is 2. The molecule has 0 aromatic carbocycles. The van der Waals surface area contributed by atoms with E-state index >= 15 is 0 Å². The van der Waals surface area contributed by atoms with E-state index in [4.69, 9.17) is 5.26 Å². The third-order valence-corrected chi connectivity index (χ3v) is 5.15. The van der Waals surface area contributed by atoms with Gasteiger partial charge in [-0.05, 0) is 30.7 Å². The minimum absolute atomic E-state index is 0.519. The number of thiophene rings is 1. The highest BCUT2D eigenvalue weighted by Crippen LogP contribution is 2.40. The van der Waals surface area contributed by atoms with Gasteiger partial charge in [-0.15, -0.1) is 11.3 Å². The van der Waals surface area contributed by atoms with Crippen molar-refractivity contribution in [2.45, 2.75) is 32.6 Å². The zero-order chi connectivity index (χ0) is 14.1. The summed E-state index contributed by atoms with van der Waals surface area (Å²) in [6, 6.07) is 2.20. The Morgan fingerprint density at radius 2 is 2.35 bits per heavy atom. The van der Waals surface area contributed by atoms with Crippen LogP contribution in [0.15, 0.2) is 6.33 Å². The van der Waals surface area contributed by atoms with Crippen LogP contribution in [0.1, 0.15) is 30.2 Å². The lowest BCUT2D eigenvalue weighted by Crippen LogP contribution is -2.20. The van der Waals surface area contributed by atoms with E-state index < -0.39 is 0 Å². The maximum atomic E-state index is 8.75. The molecule has 2 heterocycles. The highest BCUT2D eigenvalue weighted by molar-refractivity contribution is 7.19. The highest BCUT2D eigenvalue weighted by atomic mass is 32.1. The Morgan fingerprint density at radius 3 is 3.15 bits per heavy atom. The smallest absolute Gasteiger partial charge is 0.140 e. The fourth-order valence-electron chi connectivity index (χ4n) is 2.87. The second-order valence-corrected chi connectivity index (χ2v) is 6.64. The summed E-state index contributed by atoms with van der Waals surface area (Å²) in [6.45, 7) is 3.03. The van der Waals surface area contributed by atoms with Gasteiger partial charge in [0.2, 0.25) is 0 Å². The number of nitriles is 1. The number of rotatable bonds is 3. The number of hydrogen-bond acceptors (Lipinski definition) is 5. The number of hydrogen-bond donors (Lipinski definition) is 0. The minimum Gasteiger partial charge on any atom is -0.358 e. The van der Waals surface area contributed by atoms with Crippen molar-refractivity contribution >= 4 is 27.4 Å². The number of aryl methyl sites for hydroxylation is 1. The Morgan fingerprint density at radius 1 is 1.50 bits per heavy atom. The molecule has 2 aromatic heterocycles. The third-order valence-electron chi connectivity index (χ3n) is 3.99. The van der Waals surface area contributed by atoms with Gasteiger partial charge in [0.25, 0.3) is 0 Å². The van der Waals surface area contributed by atoms with E-state index in [1.165, 1.54) is 22.2 Å². The number of fused-ring (bicyclic) bond motifs is 3. The molecule has 104 valence electrons. The molecule has 0 N–H and O–H groups in total. The molecule has 0 saturated heterocycles. The standard InChI is InChI=1S/C15H18N4S/c1-10-4-5-11-12(8-10)20-15-13(11)14(17-9-18-15)19(2)7-3-6-16/h9-10H,3-5,7-8H2,1-2H3/t10-/m1/s1. The number of anilines is 1. The van der Waals surface area contributed by atoms with Gasteiger partial charge in [0.15, 0.2) is 0 Å². The second-order valence-electron chi connectivity index (χ2n) is 5.56. The van der Waals surface area contributed by atoms with Crippen molar-refractivity contribution in [1.29, 1.82) is 5.26 Å². The van der Waals surface area contributed by atoms with Crippen LogP contribution < -0.4 is 4.90 Å². The predicted octanol–water partition coefficient (Wildman–Crippen LogP) is 3.17. The first kappa shape index (κ1) is 13.3. The van der Waals surface area contributed by atoms with E-state index in [-0.39, 0.29) is 0 Å². The van der Waals surface area contributed by atoms with E-state index in [1.54, 1.807) is 6.33 Å². The molecule has 1 aliphatic carbocycles. The van der Waals surface area contributed by atoms with E-state index in [2.05, 4.69) is 27.9 Å². The molecule has 0 aliphatic heterocycles. The summed E-state index contributed by atoms with van der Waals surface area (Å²) in [4.78, 5) is 13.6. The van der Waals surface area contributed by atoms with E-state index in [1.807, 2.05) is 18.4 Å². The summed E-state index contributed by atoms with van der Waals surface area (Å²) in [5.41, 5.74) is 1.45. The maximum absolute atomic E-state index is 8.75. The maximum Gasteiger partial charge on any atom is 0.140 e. The van der Waals surface area contributed by atoms with Gasteiger partial charge in [0.1, 0.15) is 17.0 Å². The average molecular weight is 286 g/mol. The normalized spacial score (nSPS) is 17.8. The van der Waals surface area contributed by atoms with Gasteiger partial charge in [0, 0.05) is 18.5 Å². The molecule has 0 unspecified atom stereocenters. The van der Waals surface area contributed by atoms with Crippen LogP contribution in [0.2, 0.25) is 0 Å². The summed E-state index contributed by atoms with van der Waals surface area (Å²) in [5, 5.41) is 9.97. The Bertz CT molecular complexity index is 670. The highest BCUT2D eigenvalue weighted by Gasteiger charge is 2.23.